The van der Waals surface area contributed by atoms with Gasteiger partial charge in [-0.1, -0.05) is 68.4 Å². The van der Waals surface area contributed by atoms with Crippen molar-refractivity contribution in [3.63, 3.8) is 0 Å². The van der Waals surface area contributed by atoms with Gasteiger partial charge in [0.15, 0.2) is 0 Å². The van der Waals surface area contributed by atoms with E-state index in [0.29, 0.717) is 12.8 Å². The van der Waals surface area contributed by atoms with E-state index in [1.54, 1.807) is 0 Å². The lowest BCUT2D eigenvalue weighted by molar-refractivity contribution is -0.304. The van der Waals surface area contributed by atoms with Gasteiger partial charge in [-0.15, -0.1) is 0 Å². The van der Waals surface area contributed by atoms with E-state index in [9.17, 15) is 14.7 Å². The van der Waals surface area contributed by atoms with Gasteiger partial charge < -0.3 is 15.2 Å². The minimum Gasteiger partial charge on any atom is -0.548 e. The van der Waals surface area contributed by atoms with E-state index in [-0.39, 0.29) is 5.91 Å². The first-order chi connectivity index (χ1) is 12.7. The number of allylic oxidation sites excluding steroid dienone is 8. The molecular formula is C22H34NO3-. The second-order valence-electron chi connectivity index (χ2n) is 6.13. The molecule has 4 nitrogen and oxygen atoms in total. The Kier molecular flexibility index (Phi) is 17.7. The maximum absolute atomic E-state index is 11.3. The summed E-state index contributed by atoms with van der Waals surface area (Å²) in [6.45, 7) is 1.81. The van der Waals surface area contributed by atoms with Crippen LogP contribution in [-0.4, -0.2) is 18.4 Å². The Morgan fingerprint density at radius 3 is 1.77 bits per heavy atom. The molecule has 1 amide bonds. The average molecular weight is 361 g/mol. The molecule has 0 atom stereocenters. The molecule has 4 heteroatoms. The van der Waals surface area contributed by atoms with E-state index < -0.39 is 12.5 Å². The van der Waals surface area contributed by atoms with Crippen molar-refractivity contribution in [2.24, 2.45) is 0 Å². The largest absolute Gasteiger partial charge is 0.548 e. The van der Waals surface area contributed by atoms with Gasteiger partial charge in [0.1, 0.15) is 0 Å². The van der Waals surface area contributed by atoms with Crippen LogP contribution in [0.3, 0.4) is 0 Å². The molecule has 0 aromatic rings. The Labute approximate surface area is 158 Å². The van der Waals surface area contributed by atoms with Crippen LogP contribution in [0.1, 0.15) is 71.1 Å². The monoisotopic (exact) mass is 360 g/mol. The smallest absolute Gasteiger partial charge is 0.220 e. The molecule has 1 N–H and O–H groups in total. The Bertz CT molecular complexity index is 476. The second kappa shape index (κ2) is 19.2. The van der Waals surface area contributed by atoms with Gasteiger partial charge in [-0.3, -0.25) is 4.79 Å². The molecular weight excluding hydrogens is 326 g/mol. The van der Waals surface area contributed by atoms with E-state index in [2.05, 4.69) is 60.8 Å². The van der Waals surface area contributed by atoms with Crippen LogP contribution in [0.4, 0.5) is 0 Å². The summed E-state index contributed by atoms with van der Waals surface area (Å²) in [5, 5.41) is 12.5. The molecule has 0 aliphatic rings. The van der Waals surface area contributed by atoms with Gasteiger partial charge in [0.05, 0.1) is 12.5 Å². The van der Waals surface area contributed by atoms with Gasteiger partial charge in [-0.05, 0) is 44.9 Å². The number of carboxylic acids is 1. The number of amides is 1. The van der Waals surface area contributed by atoms with E-state index in [4.69, 9.17) is 0 Å². The summed E-state index contributed by atoms with van der Waals surface area (Å²) in [4.78, 5) is 21.4. The SMILES string of the molecule is CCCCC/C=C\C/C=C\C/C=C\C/C=C\CCCC(=O)NCC(=O)[O-]. The first kappa shape index (κ1) is 23.9. The lowest BCUT2D eigenvalue weighted by Crippen LogP contribution is -2.37. The fourth-order valence-corrected chi connectivity index (χ4v) is 2.20. The Morgan fingerprint density at radius 2 is 1.27 bits per heavy atom. The highest BCUT2D eigenvalue weighted by Gasteiger charge is 1.98. The highest BCUT2D eigenvalue weighted by Crippen LogP contribution is 2.01. The number of aliphatic carboxylic acids is 1. The highest BCUT2D eigenvalue weighted by atomic mass is 16.4. The number of rotatable bonds is 16. The first-order valence-corrected chi connectivity index (χ1v) is 9.73. The molecule has 0 aliphatic heterocycles. The molecule has 0 spiro atoms. The van der Waals surface area contributed by atoms with Crippen molar-refractivity contribution in [2.45, 2.75) is 71.1 Å². The predicted molar refractivity (Wildman–Crippen MR) is 106 cm³/mol. The minimum atomic E-state index is -1.27. The third-order valence-corrected chi connectivity index (χ3v) is 3.66. The van der Waals surface area contributed by atoms with Gasteiger partial charge in [-0.2, -0.15) is 0 Å². The Hall–Kier alpha value is -2.10. The maximum atomic E-state index is 11.3. The molecule has 0 unspecified atom stereocenters. The van der Waals surface area contributed by atoms with Gasteiger partial charge in [0, 0.05) is 6.42 Å². The zero-order valence-corrected chi connectivity index (χ0v) is 16.1. The van der Waals surface area contributed by atoms with Gasteiger partial charge in [0.25, 0.3) is 0 Å². The van der Waals surface area contributed by atoms with Crippen molar-refractivity contribution in [1.82, 2.24) is 5.32 Å². The molecule has 0 aromatic heterocycles. The molecule has 0 saturated carbocycles. The number of nitrogens with one attached hydrogen (secondary N) is 1. The second-order valence-corrected chi connectivity index (χ2v) is 6.13. The van der Waals surface area contributed by atoms with Crippen molar-refractivity contribution >= 4 is 11.9 Å². The van der Waals surface area contributed by atoms with Crippen LogP contribution < -0.4 is 10.4 Å². The zero-order chi connectivity index (χ0) is 19.3. The average Bonchev–Trinajstić information content (AvgIpc) is 2.62. The number of unbranched alkanes of at least 4 members (excludes halogenated alkanes) is 4. The standard InChI is InChI=1S/C22H35NO3/c1-2-3-4-5-6-7-8-9-10-11-12-13-14-15-16-17-18-19-21(24)23-20-22(25)26/h6-7,9-10,12-13,15-16H,2-5,8,11,14,17-20H2,1H3,(H,23,24)(H,25,26)/p-1/b7-6-,10-9-,13-12-,16-15-. The summed E-state index contributed by atoms with van der Waals surface area (Å²) in [6.07, 6.45) is 27.1. The van der Waals surface area contributed by atoms with E-state index >= 15 is 0 Å². The highest BCUT2D eigenvalue weighted by molar-refractivity contribution is 5.80. The van der Waals surface area contributed by atoms with Gasteiger partial charge in [0.2, 0.25) is 5.91 Å². The zero-order valence-electron chi connectivity index (χ0n) is 16.1. The third kappa shape index (κ3) is 19.9. The van der Waals surface area contributed by atoms with Crippen LogP contribution in [0, 0.1) is 0 Å². The molecule has 0 heterocycles. The Morgan fingerprint density at radius 1 is 0.769 bits per heavy atom. The van der Waals surface area contributed by atoms with Crippen LogP contribution in [0.2, 0.25) is 0 Å². The van der Waals surface area contributed by atoms with Crippen molar-refractivity contribution < 1.29 is 14.7 Å². The number of carboxylic acid groups (broad SMARTS) is 1. The van der Waals surface area contributed by atoms with Crippen LogP contribution >= 0.6 is 0 Å². The molecule has 0 aromatic carbocycles. The van der Waals surface area contributed by atoms with Crippen molar-refractivity contribution in [3.8, 4) is 0 Å². The number of hydrogen-bond donors (Lipinski definition) is 1. The molecule has 0 bridgehead atoms. The number of hydrogen-bond acceptors (Lipinski definition) is 3. The topological polar surface area (TPSA) is 69.2 Å². The van der Waals surface area contributed by atoms with Gasteiger partial charge >= 0.3 is 0 Å². The predicted octanol–water partition coefficient (Wildman–Crippen LogP) is 4.00. The quantitative estimate of drug-likeness (QED) is 0.334. The molecule has 26 heavy (non-hydrogen) atoms. The summed E-state index contributed by atoms with van der Waals surface area (Å²) in [7, 11) is 0. The maximum Gasteiger partial charge on any atom is 0.220 e. The van der Waals surface area contributed by atoms with Crippen LogP contribution in [0.15, 0.2) is 48.6 Å². The minimum absolute atomic E-state index is 0.245. The molecule has 0 fully saturated rings. The molecule has 0 saturated heterocycles. The van der Waals surface area contributed by atoms with Crippen LogP contribution in [-0.2, 0) is 9.59 Å². The first-order valence-electron chi connectivity index (χ1n) is 9.73. The van der Waals surface area contributed by atoms with Crippen molar-refractivity contribution in [3.05, 3.63) is 48.6 Å². The van der Waals surface area contributed by atoms with E-state index in [1.807, 2.05) is 0 Å². The van der Waals surface area contributed by atoms with Crippen molar-refractivity contribution in [1.29, 1.82) is 0 Å². The summed E-state index contributed by atoms with van der Waals surface area (Å²) in [6, 6.07) is 0. The lowest BCUT2D eigenvalue weighted by atomic mass is 10.2. The number of carbonyl (C=O) groups excluding carboxylic acids is 2. The summed E-state index contributed by atoms with van der Waals surface area (Å²) >= 11 is 0. The molecule has 0 rings (SSSR count). The Balaban J connectivity index is 3.48. The van der Waals surface area contributed by atoms with Gasteiger partial charge in [-0.25, -0.2) is 0 Å². The lowest BCUT2D eigenvalue weighted by Gasteiger charge is -2.04. The van der Waals surface area contributed by atoms with Crippen LogP contribution in [0.25, 0.3) is 0 Å². The summed E-state index contributed by atoms with van der Waals surface area (Å²) in [5.74, 6) is -1.51. The van der Waals surface area contributed by atoms with Crippen LogP contribution in [0.5, 0.6) is 0 Å². The fraction of sp³-hybridized carbons (Fsp3) is 0.545. The summed E-state index contributed by atoms with van der Waals surface area (Å²) in [5.41, 5.74) is 0. The summed E-state index contributed by atoms with van der Waals surface area (Å²) < 4.78 is 0. The molecule has 0 radical (unpaired) electrons. The normalized spacial score (nSPS) is 12.0. The molecule has 0 aliphatic carbocycles. The van der Waals surface area contributed by atoms with Crippen molar-refractivity contribution in [2.75, 3.05) is 6.54 Å². The number of carbonyl (C=O) groups is 2. The fourth-order valence-electron chi connectivity index (χ4n) is 2.20. The molecule has 146 valence electrons. The third-order valence-electron chi connectivity index (χ3n) is 3.66. The van der Waals surface area contributed by atoms with E-state index in [0.717, 1.165) is 25.7 Å². The van der Waals surface area contributed by atoms with E-state index in [1.165, 1.54) is 25.7 Å².